The minimum Gasteiger partial charge on any atom is -0.491 e. The van der Waals surface area contributed by atoms with Gasteiger partial charge in [-0.15, -0.1) is 0 Å². The van der Waals surface area contributed by atoms with Crippen LogP contribution in [-0.2, 0) is 14.8 Å². The van der Waals surface area contributed by atoms with Crippen LogP contribution in [0.1, 0.15) is 39.5 Å². The van der Waals surface area contributed by atoms with E-state index < -0.39 is 15.6 Å². The first-order valence-corrected chi connectivity index (χ1v) is 9.58. The number of benzene rings is 1. The van der Waals surface area contributed by atoms with Crippen LogP contribution in [0, 0.1) is 11.3 Å². The number of nitrogens with zero attached hydrogens (tertiary/aromatic N) is 1. The van der Waals surface area contributed by atoms with Gasteiger partial charge in [0.2, 0.25) is 10.0 Å². The number of sulfonamides is 1. The number of rotatable bonds is 11. The highest BCUT2D eigenvalue weighted by Gasteiger charge is 2.33. The molecule has 1 aromatic carbocycles. The Morgan fingerprint density at radius 1 is 1.12 bits per heavy atom. The summed E-state index contributed by atoms with van der Waals surface area (Å²) in [6.07, 6.45) is 2.41. The second kappa shape index (κ2) is 9.62. The largest absolute Gasteiger partial charge is 0.491 e. The Balaban J connectivity index is 2.92. The van der Waals surface area contributed by atoms with Gasteiger partial charge in [0.25, 0.3) is 0 Å². The number of ether oxygens (including phenoxy) is 2. The Morgan fingerprint density at radius 3 is 2.17 bits per heavy atom. The molecule has 0 aliphatic heterocycles. The van der Waals surface area contributed by atoms with Crippen molar-refractivity contribution in [2.45, 2.75) is 50.0 Å². The van der Waals surface area contributed by atoms with Crippen molar-refractivity contribution in [1.29, 1.82) is 5.26 Å². The van der Waals surface area contributed by atoms with Crippen LogP contribution < -0.4 is 9.46 Å². The Bertz CT molecular complexity index is 630. The lowest BCUT2D eigenvalue weighted by Gasteiger charge is -2.26. The van der Waals surface area contributed by atoms with Gasteiger partial charge in [0.15, 0.2) is 0 Å². The molecule has 1 rings (SSSR count). The first kappa shape index (κ1) is 20.4. The predicted molar refractivity (Wildman–Crippen MR) is 92.3 cm³/mol. The maximum Gasteiger partial charge on any atom is 0.241 e. The standard InChI is InChI=1S/C17H26N2O4S/c1-4-10-17(14-18,11-5-2)19-24(20,21)16-8-6-15(7-9-16)23-13-12-22-3/h6-9,19H,4-5,10-13H2,1-3H3. The summed E-state index contributed by atoms with van der Waals surface area (Å²) in [5.41, 5.74) is -1.06. The molecule has 0 aliphatic carbocycles. The molecule has 1 aromatic rings. The van der Waals surface area contributed by atoms with E-state index in [4.69, 9.17) is 9.47 Å². The molecule has 0 amide bonds. The lowest BCUT2D eigenvalue weighted by atomic mass is 9.92. The van der Waals surface area contributed by atoms with E-state index in [0.717, 1.165) is 12.8 Å². The smallest absolute Gasteiger partial charge is 0.241 e. The zero-order valence-electron chi connectivity index (χ0n) is 14.5. The summed E-state index contributed by atoms with van der Waals surface area (Å²) in [7, 11) is -2.19. The van der Waals surface area contributed by atoms with Gasteiger partial charge in [-0.1, -0.05) is 26.7 Å². The molecule has 7 heteroatoms. The average Bonchev–Trinajstić information content (AvgIpc) is 2.55. The van der Waals surface area contributed by atoms with Crippen LogP contribution in [0.4, 0.5) is 0 Å². The third-order valence-electron chi connectivity index (χ3n) is 3.59. The second-order valence-electron chi connectivity index (χ2n) is 5.61. The lowest BCUT2D eigenvalue weighted by molar-refractivity contribution is 0.146. The molecule has 0 fully saturated rings. The Labute approximate surface area is 144 Å². The van der Waals surface area contributed by atoms with Crippen LogP contribution in [0.5, 0.6) is 5.75 Å². The highest BCUT2D eigenvalue weighted by atomic mass is 32.2. The molecule has 0 spiro atoms. The van der Waals surface area contributed by atoms with Crippen molar-refractivity contribution in [3.05, 3.63) is 24.3 Å². The van der Waals surface area contributed by atoms with E-state index in [1.807, 2.05) is 13.8 Å². The zero-order chi connectivity index (χ0) is 18.1. The van der Waals surface area contributed by atoms with Gasteiger partial charge in [-0.05, 0) is 37.1 Å². The summed E-state index contributed by atoms with van der Waals surface area (Å²) in [5.74, 6) is 0.569. The molecule has 0 aromatic heterocycles. The maximum absolute atomic E-state index is 12.6. The van der Waals surface area contributed by atoms with Gasteiger partial charge >= 0.3 is 0 Å². The Kier molecular flexibility index (Phi) is 8.19. The normalized spacial score (nSPS) is 11.9. The minimum absolute atomic E-state index is 0.119. The number of hydrogen-bond donors (Lipinski definition) is 1. The van der Waals surface area contributed by atoms with Crippen LogP contribution in [0.3, 0.4) is 0 Å². The molecule has 0 heterocycles. The molecule has 0 saturated carbocycles. The number of hydrogen-bond acceptors (Lipinski definition) is 5. The summed E-state index contributed by atoms with van der Waals surface area (Å²) in [6, 6.07) is 8.30. The first-order chi connectivity index (χ1) is 11.4. The molecular formula is C17H26N2O4S. The second-order valence-corrected chi connectivity index (χ2v) is 7.29. The molecule has 0 aliphatic rings. The number of methoxy groups -OCH3 is 1. The summed E-state index contributed by atoms with van der Waals surface area (Å²) >= 11 is 0. The molecule has 24 heavy (non-hydrogen) atoms. The van der Waals surface area contributed by atoms with Gasteiger partial charge in [0.05, 0.1) is 17.6 Å². The van der Waals surface area contributed by atoms with Crippen LogP contribution >= 0.6 is 0 Å². The summed E-state index contributed by atoms with van der Waals surface area (Å²) in [6.45, 7) is 4.72. The minimum atomic E-state index is -3.77. The highest BCUT2D eigenvalue weighted by Crippen LogP contribution is 2.23. The van der Waals surface area contributed by atoms with Gasteiger partial charge in [-0.2, -0.15) is 9.98 Å². The van der Waals surface area contributed by atoms with Gasteiger partial charge in [0.1, 0.15) is 17.9 Å². The third-order valence-corrected chi connectivity index (χ3v) is 5.14. The van der Waals surface area contributed by atoms with Crippen LogP contribution in [-0.4, -0.2) is 34.3 Å². The van der Waals surface area contributed by atoms with Gasteiger partial charge < -0.3 is 9.47 Å². The quantitative estimate of drug-likeness (QED) is 0.617. The summed E-state index contributed by atoms with van der Waals surface area (Å²) in [5, 5.41) is 9.50. The Morgan fingerprint density at radius 2 is 1.71 bits per heavy atom. The third kappa shape index (κ3) is 5.78. The topological polar surface area (TPSA) is 88.4 Å². The number of nitrogens with one attached hydrogen (secondary N) is 1. The molecule has 134 valence electrons. The molecule has 0 bridgehead atoms. The van der Waals surface area contributed by atoms with Crippen LogP contribution in [0.15, 0.2) is 29.2 Å². The molecule has 1 N–H and O–H groups in total. The molecular weight excluding hydrogens is 328 g/mol. The fourth-order valence-electron chi connectivity index (χ4n) is 2.49. The van der Waals surface area contributed by atoms with E-state index in [-0.39, 0.29) is 4.90 Å². The van der Waals surface area contributed by atoms with Gasteiger partial charge in [-0.25, -0.2) is 8.42 Å². The fraction of sp³-hybridized carbons (Fsp3) is 0.588. The van der Waals surface area contributed by atoms with E-state index in [0.29, 0.717) is 31.8 Å². The van der Waals surface area contributed by atoms with Crippen LogP contribution in [0.2, 0.25) is 0 Å². The first-order valence-electron chi connectivity index (χ1n) is 8.10. The monoisotopic (exact) mass is 354 g/mol. The van der Waals surface area contributed by atoms with Gasteiger partial charge in [0, 0.05) is 7.11 Å². The molecule has 0 atom stereocenters. The van der Waals surface area contributed by atoms with Crippen molar-refractivity contribution in [3.63, 3.8) is 0 Å². The Hall–Kier alpha value is -1.62. The van der Waals surface area contributed by atoms with Crippen molar-refractivity contribution in [1.82, 2.24) is 4.72 Å². The van der Waals surface area contributed by atoms with Crippen molar-refractivity contribution in [3.8, 4) is 11.8 Å². The van der Waals surface area contributed by atoms with Crippen molar-refractivity contribution in [2.75, 3.05) is 20.3 Å². The van der Waals surface area contributed by atoms with Crippen molar-refractivity contribution in [2.24, 2.45) is 0 Å². The summed E-state index contributed by atoms with van der Waals surface area (Å²) in [4.78, 5) is 0.119. The van der Waals surface area contributed by atoms with E-state index >= 15 is 0 Å². The SMILES string of the molecule is CCCC(C#N)(CCC)NS(=O)(=O)c1ccc(OCCOC)cc1. The maximum atomic E-state index is 12.6. The highest BCUT2D eigenvalue weighted by molar-refractivity contribution is 7.89. The molecule has 6 nitrogen and oxygen atoms in total. The zero-order valence-corrected chi connectivity index (χ0v) is 15.4. The number of nitriles is 1. The lowest BCUT2D eigenvalue weighted by Crippen LogP contribution is -2.47. The van der Waals surface area contributed by atoms with Crippen molar-refractivity contribution < 1.29 is 17.9 Å². The summed E-state index contributed by atoms with van der Waals surface area (Å²) < 4.78 is 38.1. The van der Waals surface area contributed by atoms with E-state index in [9.17, 15) is 13.7 Å². The molecule has 0 radical (unpaired) electrons. The molecule has 0 saturated heterocycles. The van der Waals surface area contributed by atoms with E-state index in [1.165, 1.54) is 12.1 Å². The van der Waals surface area contributed by atoms with E-state index in [2.05, 4.69) is 10.8 Å². The van der Waals surface area contributed by atoms with E-state index in [1.54, 1.807) is 19.2 Å². The fourth-order valence-corrected chi connectivity index (χ4v) is 3.87. The van der Waals surface area contributed by atoms with Crippen LogP contribution in [0.25, 0.3) is 0 Å². The van der Waals surface area contributed by atoms with Gasteiger partial charge in [-0.3, -0.25) is 0 Å². The predicted octanol–water partition coefficient (Wildman–Crippen LogP) is 2.85. The average molecular weight is 354 g/mol. The van der Waals surface area contributed by atoms with Crippen molar-refractivity contribution >= 4 is 10.0 Å². The molecule has 0 unspecified atom stereocenters.